The smallest absolute Gasteiger partial charge is 0.410 e. The Balaban J connectivity index is 1.13. The second-order valence-electron chi connectivity index (χ2n) is 8.36. The first-order valence-corrected chi connectivity index (χ1v) is 10.6. The van der Waals surface area contributed by atoms with Crippen molar-refractivity contribution in [2.24, 2.45) is 11.8 Å². The number of alkyl halides is 2. The van der Waals surface area contributed by atoms with Gasteiger partial charge < -0.3 is 19.3 Å². The van der Waals surface area contributed by atoms with Crippen LogP contribution in [0.1, 0.15) is 15.9 Å². The van der Waals surface area contributed by atoms with Gasteiger partial charge in [0.1, 0.15) is 17.6 Å². The van der Waals surface area contributed by atoms with Crippen molar-refractivity contribution in [1.29, 1.82) is 0 Å². The van der Waals surface area contributed by atoms with Crippen LogP contribution in [0.3, 0.4) is 0 Å². The van der Waals surface area contributed by atoms with E-state index in [0.717, 1.165) is 12.1 Å². The Morgan fingerprint density at radius 3 is 2.41 bits per heavy atom. The predicted octanol–water partition coefficient (Wildman–Crippen LogP) is 3.04. The van der Waals surface area contributed by atoms with Gasteiger partial charge in [0.05, 0.1) is 0 Å². The summed E-state index contributed by atoms with van der Waals surface area (Å²) in [7, 11) is 0. The number of likely N-dealkylation sites (tertiary alicyclic amines) is 2. The normalized spacial score (nSPS) is 19.6. The summed E-state index contributed by atoms with van der Waals surface area (Å²) in [6, 6.07) is 8.58. The third-order valence-corrected chi connectivity index (χ3v) is 6.17. The number of ether oxygens (including phenoxy) is 2. The molecule has 0 spiro atoms. The summed E-state index contributed by atoms with van der Waals surface area (Å²) >= 11 is 0. The number of halogens is 3. The van der Waals surface area contributed by atoms with Crippen LogP contribution in [0.25, 0.3) is 11.0 Å². The second-order valence-corrected chi connectivity index (χ2v) is 8.36. The molecule has 1 N–H and O–H groups in total. The maximum Gasteiger partial charge on any atom is 0.410 e. The molecule has 2 saturated heterocycles. The largest absolute Gasteiger partial charge is 0.445 e. The third-order valence-electron chi connectivity index (χ3n) is 6.17. The van der Waals surface area contributed by atoms with Crippen molar-refractivity contribution in [3.8, 4) is 5.75 Å². The van der Waals surface area contributed by atoms with Gasteiger partial charge in [0.25, 0.3) is 5.91 Å². The Morgan fingerprint density at radius 1 is 1.00 bits per heavy atom. The lowest BCUT2D eigenvalue weighted by atomic mass is 10.0. The highest BCUT2D eigenvalue weighted by atomic mass is 19.3. The van der Waals surface area contributed by atoms with E-state index in [1.807, 2.05) is 0 Å². The molecule has 2 aromatic carbocycles. The summed E-state index contributed by atoms with van der Waals surface area (Å²) in [6.07, 6.45) is -0.544. The molecule has 2 aliphatic heterocycles. The first kappa shape index (κ1) is 22.0. The average Bonchev–Trinajstić information content (AvgIpc) is 3.52. The van der Waals surface area contributed by atoms with Crippen molar-refractivity contribution >= 4 is 23.0 Å². The maximum absolute atomic E-state index is 13.8. The molecule has 2 unspecified atom stereocenters. The fourth-order valence-electron chi connectivity index (χ4n) is 4.53. The van der Waals surface area contributed by atoms with Crippen LogP contribution in [0.4, 0.5) is 18.0 Å². The zero-order valence-electron chi connectivity index (χ0n) is 17.8. The zero-order valence-corrected chi connectivity index (χ0v) is 17.8. The van der Waals surface area contributed by atoms with Gasteiger partial charge in [-0.3, -0.25) is 4.79 Å². The summed E-state index contributed by atoms with van der Waals surface area (Å²) in [6.45, 7) is -1.37. The highest BCUT2D eigenvalue weighted by molar-refractivity contribution is 5.97. The summed E-state index contributed by atoms with van der Waals surface area (Å²) in [5.74, 6) is -1.35. The Labute approximate surface area is 191 Å². The molecule has 34 heavy (non-hydrogen) atoms. The minimum absolute atomic E-state index is 0.0882. The van der Waals surface area contributed by atoms with Crippen molar-refractivity contribution in [3.05, 3.63) is 53.3 Å². The maximum atomic E-state index is 13.8. The molecule has 9 nitrogen and oxygen atoms in total. The molecule has 2 fully saturated rings. The van der Waals surface area contributed by atoms with Crippen LogP contribution < -0.4 is 4.74 Å². The van der Waals surface area contributed by atoms with Gasteiger partial charge in [-0.25, -0.2) is 9.18 Å². The molecule has 2 atom stereocenters. The number of nitrogens with zero attached hydrogens (tertiary/aromatic N) is 4. The van der Waals surface area contributed by atoms with Crippen LogP contribution in [-0.4, -0.2) is 70.0 Å². The molecule has 0 radical (unpaired) electrons. The number of rotatable bonds is 5. The summed E-state index contributed by atoms with van der Waals surface area (Å²) in [5, 5.41) is 10.5. The van der Waals surface area contributed by atoms with E-state index < -0.39 is 24.3 Å². The molecule has 5 rings (SSSR count). The van der Waals surface area contributed by atoms with E-state index in [-0.39, 0.29) is 24.3 Å². The molecule has 1 aromatic heterocycles. The molecule has 178 valence electrons. The van der Waals surface area contributed by atoms with E-state index in [4.69, 9.17) is 4.74 Å². The van der Waals surface area contributed by atoms with Crippen molar-refractivity contribution < 1.29 is 32.2 Å². The van der Waals surface area contributed by atoms with Gasteiger partial charge in [-0.15, -0.1) is 0 Å². The van der Waals surface area contributed by atoms with Crippen molar-refractivity contribution in [2.45, 2.75) is 13.2 Å². The lowest BCUT2D eigenvalue weighted by Gasteiger charge is -2.21. The van der Waals surface area contributed by atoms with Gasteiger partial charge >= 0.3 is 12.7 Å². The van der Waals surface area contributed by atoms with E-state index in [9.17, 15) is 22.8 Å². The molecule has 0 bridgehead atoms. The first-order chi connectivity index (χ1) is 16.4. The topological polar surface area (TPSA) is 101 Å². The van der Waals surface area contributed by atoms with Crippen LogP contribution in [0, 0.1) is 17.7 Å². The highest BCUT2D eigenvalue weighted by Gasteiger charge is 2.43. The molecule has 3 heterocycles. The number of fused-ring (bicyclic) bond motifs is 2. The van der Waals surface area contributed by atoms with Gasteiger partial charge in [0.15, 0.2) is 11.6 Å². The van der Waals surface area contributed by atoms with Gasteiger partial charge in [0, 0.05) is 43.6 Å². The quantitative estimate of drug-likeness (QED) is 0.609. The van der Waals surface area contributed by atoms with E-state index in [0.29, 0.717) is 48.3 Å². The van der Waals surface area contributed by atoms with Crippen molar-refractivity contribution in [2.75, 3.05) is 26.2 Å². The Kier molecular flexibility index (Phi) is 5.72. The van der Waals surface area contributed by atoms with Crippen molar-refractivity contribution in [3.63, 3.8) is 0 Å². The highest BCUT2D eigenvalue weighted by Crippen LogP contribution is 2.32. The first-order valence-electron chi connectivity index (χ1n) is 10.6. The van der Waals surface area contributed by atoms with Crippen LogP contribution in [0.15, 0.2) is 36.4 Å². The molecule has 0 saturated carbocycles. The fourth-order valence-corrected chi connectivity index (χ4v) is 4.53. The van der Waals surface area contributed by atoms with Gasteiger partial charge in [-0.2, -0.15) is 24.2 Å². The van der Waals surface area contributed by atoms with E-state index in [1.165, 1.54) is 6.07 Å². The van der Waals surface area contributed by atoms with Crippen LogP contribution in [0.5, 0.6) is 5.75 Å². The predicted molar refractivity (Wildman–Crippen MR) is 112 cm³/mol. The molecular formula is C22H20F3N5O4. The number of nitrogens with one attached hydrogen (secondary N) is 1. The number of aromatic amines is 1. The van der Waals surface area contributed by atoms with E-state index in [1.54, 1.807) is 28.0 Å². The Hall–Kier alpha value is -3.83. The standard InChI is InChI=1S/C22H20F3N5O4/c23-16-5-12(1-4-19(16)34-21(24)25)11-33-22(32)30-9-14-7-29(8-15(14)10-30)20(31)13-2-3-17-18(6-13)27-28-26-17/h1-6,14-15,21H,7-11H2,(H,26,27,28). The van der Waals surface area contributed by atoms with Crippen molar-refractivity contribution in [1.82, 2.24) is 25.2 Å². The number of amides is 2. The SMILES string of the molecule is O=C(OCc1ccc(OC(F)F)c(F)c1)N1CC2CN(C(=O)c3ccc4n[nH]nc4c3)CC2C1. The molecule has 0 aliphatic carbocycles. The van der Waals surface area contributed by atoms with E-state index in [2.05, 4.69) is 20.1 Å². The lowest BCUT2D eigenvalue weighted by Crippen LogP contribution is -2.35. The summed E-state index contributed by atoms with van der Waals surface area (Å²) in [4.78, 5) is 28.7. The fraction of sp³-hybridized carbons (Fsp3) is 0.364. The number of carbonyl (C=O) groups is 2. The minimum Gasteiger partial charge on any atom is -0.445 e. The molecule has 2 amide bonds. The molecular weight excluding hydrogens is 455 g/mol. The Morgan fingerprint density at radius 2 is 1.71 bits per heavy atom. The molecule has 12 heteroatoms. The average molecular weight is 475 g/mol. The van der Waals surface area contributed by atoms with Gasteiger partial charge in [-0.05, 0) is 35.9 Å². The lowest BCUT2D eigenvalue weighted by molar-refractivity contribution is -0.0522. The number of hydrogen-bond acceptors (Lipinski definition) is 6. The Bertz CT molecular complexity index is 1220. The number of aromatic nitrogens is 3. The monoisotopic (exact) mass is 475 g/mol. The third kappa shape index (κ3) is 4.35. The number of hydrogen-bond donors (Lipinski definition) is 1. The van der Waals surface area contributed by atoms with Crippen LogP contribution in [0.2, 0.25) is 0 Å². The second kappa shape index (κ2) is 8.84. The number of H-pyrrole nitrogens is 1. The van der Waals surface area contributed by atoms with E-state index >= 15 is 0 Å². The number of benzene rings is 2. The summed E-state index contributed by atoms with van der Waals surface area (Å²) in [5.41, 5.74) is 2.15. The van der Waals surface area contributed by atoms with Crippen LogP contribution in [-0.2, 0) is 11.3 Å². The number of carbonyl (C=O) groups excluding carboxylic acids is 2. The summed E-state index contributed by atoms with van der Waals surface area (Å²) < 4.78 is 47.6. The van der Waals surface area contributed by atoms with Crippen LogP contribution >= 0.6 is 0 Å². The van der Waals surface area contributed by atoms with Gasteiger partial charge in [-0.1, -0.05) is 6.07 Å². The zero-order chi connectivity index (χ0) is 23.8. The molecule has 2 aliphatic rings. The molecule has 3 aromatic rings. The van der Waals surface area contributed by atoms with Gasteiger partial charge in [0.2, 0.25) is 0 Å². The minimum atomic E-state index is -3.13.